The number of halogens is 1. The minimum absolute atomic E-state index is 0.300. The molecule has 35 heavy (non-hydrogen) atoms. The largest absolute Gasteiger partial charge is 0.437 e. The number of nitrogens with zero attached hydrogens (tertiary/aromatic N) is 5. The van der Waals surface area contributed by atoms with E-state index in [1.165, 1.54) is 23.0 Å². The molecule has 0 aliphatic carbocycles. The van der Waals surface area contributed by atoms with Gasteiger partial charge in [-0.05, 0) is 48.5 Å². The van der Waals surface area contributed by atoms with Crippen LogP contribution in [0.15, 0.2) is 88.5 Å². The molecule has 0 saturated heterocycles. The number of hydrogen-bond donors (Lipinski definition) is 0. The molecule has 9 heteroatoms. The van der Waals surface area contributed by atoms with Gasteiger partial charge in [-0.2, -0.15) is 0 Å². The maximum absolute atomic E-state index is 13.4. The summed E-state index contributed by atoms with van der Waals surface area (Å²) in [5.41, 5.74) is 2.45. The van der Waals surface area contributed by atoms with Crippen molar-refractivity contribution >= 4 is 16.6 Å². The quantitative estimate of drug-likeness (QED) is 0.343. The minimum atomic E-state index is -0.655. The minimum Gasteiger partial charge on any atom is -0.437 e. The zero-order chi connectivity index (χ0) is 23.5. The first kappa shape index (κ1) is 19.5. The van der Waals surface area contributed by atoms with Crippen LogP contribution < -0.4 is 10.4 Å². The predicted molar refractivity (Wildman–Crippen MR) is 124 cm³/mol. The van der Waals surface area contributed by atoms with E-state index in [9.17, 15) is 9.18 Å². The molecule has 1 aliphatic rings. The smallest absolute Gasteiger partial charge is 0.344 e. The maximum atomic E-state index is 13.4. The Hall–Kier alpha value is -4.92. The van der Waals surface area contributed by atoms with E-state index in [4.69, 9.17) is 14.1 Å². The molecule has 0 spiro atoms. The summed E-state index contributed by atoms with van der Waals surface area (Å²) < 4.78 is 26.9. The Kier molecular flexibility index (Phi) is 4.07. The number of para-hydroxylation sites is 1. The van der Waals surface area contributed by atoms with Crippen molar-refractivity contribution in [3.63, 3.8) is 0 Å². The molecule has 168 valence electrons. The van der Waals surface area contributed by atoms with Crippen LogP contribution >= 0.6 is 0 Å². The van der Waals surface area contributed by atoms with Gasteiger partial charge in [-0.1, -0.05) is 18.2 Å². The van der Waals surface area contributed by atoms with E-state index < -0.39 is 11.5 Å². The van der Waals surface area contributed by atoms with Crippen molar-refractivity contribution in [3.05, 3.63) is 112 Å². The molecule has 5 heterocycles. The first-order valence-corrected chi connectivity index (χ1v) is 10.8. The molecule has 8 nitrogen and oxygen atoms in total. The molecule has 0 bridgehead atoms. The van der Waals surface area contributed by atoms with E-state index in [-0.39, 0.29) is 5.82 Å². The lowest BCUT2D eigenvalue weighted by Crippen LogP contribution is -2.23. The first-order chi connectivity index (χ1) is 17.2. The molecule has 2 aromatic carbocycles. The molecule has 1 atom stereocenters. The standard InChI is InChI=1S/C26H14FN5O3/c27-15-10-8-14(9-11-15)23-30-24-21-19(17-6-3-4-12-28-17)20-22(35-25(21)29-13-32(24)31-23)16-5-1-2-7-18(16)34-26(20)33/h1-13,19H. The summed E-state index contributed by atoms with van der Waals surface area (Å²) in [6.07, 6.45) is 3.16. The van der Waals surface area contributed by atoms with Crippen molar-refractivity contribution in [2.75, 3.05) is 0 Å². The zero-order valence-corrected chi connectivity index (χ0v) is 17.9. The lowest BCUT2D eigenvalue weighted by atomic mass is 9.87. The van der Waals surface area contributed by atoms with Gasteiger partial charge in [0.05, 0.1) is 28.1 Å². The number of rotatable bonds is 2. The van der Waals surface area contributed by atoms with Crippen LogP contribution in [0.2, 0.25) is 0 Å². The highest BCUT2D eigenvalue weighted by Gasteiger charge is 2.38. The molecule has 0 amide bonds. The molecule has 7 rings (SSSR count). The molecule has 0 radical (unpaired) electrons. The van der Waals surface area contributed by atoms with Gasteiger partial charge in [0.15, 0.2) is 17.2 Å². The van der Waals surface area contributed by atoms with E-state index in [1.54, 1.807) is 36.5 Å². The van der Waals surface area contributed by atoms with Gasteiger partial charge in [0.25, 0.3) is 0 Å². The lowest BCUT2D eigenvalue weighted by molar-refractivity contribution is 0.421. The molecular formula is C26H14FN5O3. The van der Waals surface area contributed by atoms with Crippen LogP contribution in [0.5, 0.6) is 11.6 Å². The van der Waals surface area contributed by atoms with E-state index in [0.717, 1.165) is 0 Å². The average molecular weight is 463 g/mol. The Bertz CT molecular complexity index is 1810. The third-order valence-electron chi connectivity index (χ3n) is 6.05. The Morgan fingerprint density at radius 3 is 2.57 bits per heavy atom. The Morgan fingerprint density at radius 2 is 1.74 bits per heavy atom. The van der Waals surface area contributed by atoms with Crippen molar-refractivity contribution < 1.29 is 13.5 Å². The van der Waals surface area contributed by atoms with Crippen LogP contribution in [0.25, 0.3) is 28.0 Å². The fourth-order valence-corrected chi connectivity index (χ4v) is 4.49. The summed E-state index contributed by atoms with van der Waals surface area (Å²) in [5.74, 6) is 0.0638. The second-order valence-electron chi connectivity index (χ2n) is 8.09. The molecular weight excluding hydrogens is 449 g/mol. The van der Waals surface area contributed by atoms with Crippen LogP contribution in [0.3, 0.4) is 0 Å². The van der Waals surface area contributed by atoms with Crippen molar-refractivity contribution in [2.45, 2.75) is 5.92 Å². The van der Waals surface area contributed by atoms with Gasteiger partial charge in [0.1, 0.15) is 17.7 Å². The van der Waals surface area contributed by atoms with E-state index in [2.05, 4.69) is 15.1 Å². The van der Waals surface area contributed by atoms with Gasteiger partial charge in [0.2, 0.25) is 5.88 Å². The van der Waals surface area contributed by atoms with Crippen molar-refractivity contribution in [1.82, 2.24) is 24.6 Å². The number of ether oxygens (including phenoxy) is 1. The molecule has 0 fully saturated rings. The monoisotopic (exact) mass is 463 g/mol. The van der Waals surface area contributed by atoms with E-state index in [0.29, 0.717) is 56.5 Å². The molecule has 1 aliphatic heterocycles. The normalized spacial score (nSPS) is 14.5. The van der Waals surface area contributed by atoms with E-state index >= 15 is 0 Å². The summed E-state index contributed by atoms with van der Waals surface area (Å²) in [6, 6.07) is 18.6. The number of aromatic nitrogens is 5. The second-order valence-corrected chi connectivity index (χ2v) is 8.09. The zero-order valence-electron chi connectivity index (χ0n) is 17.9. The summed E-state index contributed by atoms with van der Waals surface area (Å²) >= 11 is 0. The first-order valence-electron chi connectivity index (χ1n) is 10.8. The molecule has 0 N–H and O–H groups in total. The third kappa shape index (κ3) is 2.95. The van der Waals surface area contributed by atoms with Crippen molar-refractivity contribution in [3.8, 4) is 23.0 Å². The van der Waals surface area contributed by atoms with E-state index in [1.807, 2.05) is 24.3 Å². The highest BCUT2D eigenvalue weighted by atomic mass is 19.1. The van der Waals surface area contributed by atoms with Crippen LogP contribution in [-0.4, -0.2) is 24.6 Å². The van der Waals surface area contributed by atoms with Gasteiger partial charge in [-0.25, -0.2) is 23.7 Å². The topological polar surface area (TPSA) is 95.4 Å². The molecule has 1 unspecified atom stereocenters. The van der Waals surface area contributed by atoms with Gasteiger partial charge in [0, 0.05) is 11.8 Å². The predicted octanol–water partition coefficient (Wildman–Crippen LogP) is 4.72. The second kappa shape index (κ2) is 7.29. The SMILES string of the molecule is O=c1oc2ccccc2c2c1C(c1ccccn1)c1c(ncn3nc(-c4ccc(F)cc4)nc13)O2. The highest BCUT2D eigenvalue weighted by Crippen LogP contribution is 2.48. The summed E-state index contributed by atoms with van der Waals surface area (Å²) in [5, 5.41) is 5.18. The van der Waals surface area contributed by atoms with Gasteiger partial charge in [-0.15, -0.1) is 5.10 Å². The van der Waals surface area contributed by atoms with Gasteiger partial charge < -0.3 is 9.15 Å². The van der Waals surface area contributed by atoms with Crippen LogP contribution in [0.4, 0.5) is 4.39 Å². The van der Waals surface area contributed by atoms with Gasteiger partial charge >= 0.3 is 5.63 Å². The van der Waals surface area contributed by atoms with Crippen LogP contribution in [0, 0.1) is 5.82 Å². The molecule has 4 aromatic heterocycles. The summed E-state index contributed by atoms with van der Waals surface area (Å²) in [4.78, 5) is 27.0. The Labute approximate surface area is 196 Å². The number of benzene rings is 2. The fourth-order valence-electron chi connectivity index (χ4n) is 4.49. The highest BCUT2D eigenvalue weighted by molar-refractivity contribution is 5.86. The Balaban J connectivity index is 1.54. The average Bonchev–Trinajstić information content (AvgIpc) is 3.33. The van der Waals surface area contributed by atoms with Crippen LogP contribution in [0.1, 0.15) is 22.7 Å². The maximum Gasteiger partial charge on any atom is 0.344 e. The van der Waals surface area contributed by atoms with Crippen molar-refractivity contribution in [2.24, 2.45) is 0 Å². The molecule has 6 aromatic rings. The Morgan fingerprint density at radius 1 is 0.914 bits per heavy atom. The van der Waals surface area contributed by atoms with Crippen LogP contribution in [-0.2, 0) is 0 Å². The number of fused-ring (bicyclic) bond motifs is 6. The summed E-state index contributed by atoms with van der Waals surface area (Å²) in [7, 11) is 0. The summed E-state index contributed by atoms with van der Waals surface area (Å²) in [6.45, 7) is 0. The molecule has 0 saturated carbocycles. The lowest BCUT2D eigenvalue weighted by Gasteiger charge is -2.26. The number of pyridine rings is 1. The van der Waals surface area contributed by atoms with Gasteiger partial charge in [-0.3, -0.25) is 4.98 Å². The number of hydrogen-bond acceptors (Lipinski definition) is 7. The van der Waals surface area contributed by atoms with Crippen molar-refractivity contribution in [1.29, 1.82) is 0 Å². The third-order valence-corrected chi connectivity index (χ3v) is 6.05. The fraction of sp³-hybridized carbons (Fsp3) is 0.0385.